The lowest BCUT2D eigenvalue weighted by Gasteiger charge is -2.23. The Hall–Kier alpha value is -0.780. The van der Waals surface area contributed by atoms with Gasteiger partial charge in [0.25, 0.3) is 0 Å². The first kappa shape index (κ1) is 14.2. The van der Waals surface area contributed by atoms with Crippen molar-refractivity contribution in [2.45, 2.75) is 32.5 Å². The number of carbonyl (C=O) groups excluding carboxylic acids is 1. The van der Waals surface area contributed by atoms with Crippen molar-refractivity contribution in [2.24, 2.45) is 11.7 Å². The molecule has 2 N–H and O–H groups in total. The van der Waals surface area contributed by atoms with Crippen molar-refractivity contribution in [3.05, 3.63) is 0 Å². The number of alkyl halides is 3. The Morgan fingerprint density at radius 2 is 1.87 bits per heavy atom. The number of nitrogens with two attached hydrogens (primary N) is 1. The van der Waals surface area contributed by atoms with Crippen LogP contribution in [0.4, 0.5) is 13.2 Å². The number of nitrogens with zero attached hydrogens (tertiary/aromatic N) is 1. The van der Waals surface area contributed by atoms with E-state index < -0.39 is 24.5 Å². The minimum absolute atomic E-state index is 0.0779. The average molecular weight is 226 g/mol. The van der Waals surface area contributed by atoms with Crippen LogP contribution in [0.2, 0.25) is 0 Å². The van der Waals surface area contributed by atoms with Crippen LogP contribution in [0.1, 0.15) is 20.3 Å². The van der Waals surface area contributed by atoms with Gasteiger partial charge in [0.15, 0.2) is 0 Å². The number of likely N-dealkylation sites (N-methyl/N-ethyl adjacent to an activating group) is 1. The van der Waals surface area contributed by atoms with Crippen LogP contribution >= 0.6 is 0 Å². The predicted octanol–water partition coefficient (Wildman–Crippen LogP) is 1.38. The Kier molecular flexibility index (Phi) is 5.07. The molecule has 0 aromatic rings. The Bertz CT molecular complexity index is 216. The molecule has 90 valence electrons. The Labute approximate surface area is 87.4 Å². The molecule has 0 saturated carbocycles. The Morgan fingerprint density at radius 1 is 1.40 bits per heavy atom. The molecule has 0 radical (unpaired) electrons. The van der Waals surface area contributed by atoms with E-state index in [-0.39, 0.29) is 12.5 Å². The van der Waals surface area contributed by atoms with Crippen LogP contribution < -0.4 is 5.73 Å². The molecule has 0 aromatic carbocycles. The summed E-state index contributed by atoms with van der Waals surface area (Å²) in [5.41, 5.74) is 5.53. The van der Waals surface area contributed by atoms with Crippen molar-refractivity contribution in [1.29, 1.82) is 0 Å². The third-order valence-corrected chi connectivity index (χ3v) is 2.11. The zero-order valence-electron chi connectivity index (χ0n) is 9.14. The van der Waals surface area contributed by atoms with Crippen LogP contribution in [0.25, 0.3) is 0 Å². The first-order valence-corrected chi connectivity index (χ1v) is 4.72. The molecule has 0 fully saturated rings. The van der Waals surface area contributed by atoms with Crippen molar-refractivity contribution in [2.75, 3.05) is 13.6 Å². The van der Waals surface area contributed by atoms with Gasteiger partial charge in [0.05, 0.1) is 12.5 Å². The first-order chi connectivity index (χ1) is 6.65. The van der Waals surface area contributed by atoms with Crippen LogP contribution in [-0.4, -0.2) is 36.6 Å². The second kappa shape index (κ2) is 5.34. The van der Waals surface area contributed by atoms with Crippen molar-refractivity contribution in [3.8, 4) is 0 Å². The van der Waals surface area contributed by atoms with Gasteiger partial charge >= 0.3 is 6.18 Å². The summed E-state index contributed by atoms with van der Waals surface area (Å²) in [7, 11) is 1.33. The van der Waals surface area contributed by atoms with Crippen molar-refractivity contribution < 1.29 is 18.0 Å². The highest BCUT2D eigenvalue weighted by atomic mass is 19.4. The van der Waals surface area contributed by atoms with E-state index in [0.29, 0.717) is 0 Å². The largest absolute Gasteiger partial charge is 0.390 e. The normalized spacial score (nSPS) is 14.1. The highest BCUT2D eigenvalue weighted by Gasteiger charge is 2.29. The summed E-state index contributed by atoms with van der Waals surface area (Å²) in [6.07, 6.45) is -5.24. The fraction of sp³-hybridized carbons (Fsp3) is 0.889. The molecule has 0 bridgehead atoms. The number of amides is 1. The lowest BCUT2D eigenvalue weighted by Crippen LogP contribution is -2.45. The van der Waals surface area contributed by atoms with Gasteiger partial charge in [0.1, 0.15) is 0 Å². The van der Waals surface area contributed by atoms with Gasteiger partial charge in [-0.15, -0.1) is 0 Å². The maximum atomic E-state index is 11.9. The lowest BCUT2D eigenvalue weighted by atomic mass is 10.0. The smallest absolute Gasteiger partial charge is 0.344 e. The van der Waals surface area contributed by atoms with Crippen molar-refractivity contribution in [3.63, 3.8) is 0 Å². The lowest BCUT2D eigenvalue weighted by molar-refractivity contribution is -0.145. The second-order valence-electron chi connectivity index (χ2n) is 3.89. The molecule has 0 aliphatic rings. The quantitative estimate of drug-likeness (QED) is 0.787. The summed E-state index contributed by atoms with van der Waals surface area (Å²) < 4.78 is 35.6. The van der Waals surface area contributed by atoms with E-state index in [9.17, 15) is 18.0 Å². The van der Waals surface area contributed by atoms with Gasteiger partial charge in [-0.1, -0.05) is 13.8 Å². The van der Waals surface area contributed by atoms with E-state index in [1.807, 2.05) is 0 Å². The van der Waals surface area contributed by atoms with E-state index in [1.54, 1.807) is 13.8 Å². The minimum Gasteiger partial charge on any atom is -0.344 e. The number of carbonyl (C=O) groups is 1. The van der Waals surface area contributed by atoms with Gasteiger partial charge in [-0.3, -0.25) is 4.79 Å². The summed E-state index contributed by atoms with van der Waals surface area (Å²) in [6.45, 7) is 3.16. The Morgan fingerprint density at radius 3 is 2.20 bits per heavy atom. The molecular weight excluding hydrogens is 209 g/mol. The van der Waals surface area contributed by atoms with E-state index in [2.05, 4.69) is 0 Å². The molecule has 6 heteroatoms. The molecule has 3 nitrogen and oxygen atoms in total. The van der Waals surface area contributed by atoms with Crippen LogP contribution in [0, 0.1) is 5.92 Å². The average Bonchev–Trinajstić information content (AvgIpc) is 2.10. The van der Waals surface area contributed by atoms with Gasteiger partial charge in [0, 0.05) is 13.6 Å². The van der Waals surface area contributed by atoms with E-state index in [1.165, 1.54) is 7.05 Å². The molecule has 0 spiro atoms. The van der Waals surface area contributed by atoms with Crippen LogP contribution in [0.3, 0.4) is 0 Å². The SMILES string of the molecule is CC(C)[C@H](N)C(=O)N(C)CCC(F)(F)F. The van der Waals surface area contributed by atoms with Crippen molar-refractivity contribution in [1.82, 2.24) is 4.90 Å². The van der Waals surface area contributed by atoms with Gasteiger partial charge in [-0.2, -0.15) is 13.2 Å². The Balaban J connectivity index is 4.11. The van der Waals surface area contributed by atoms with Crippen LogP contribution in [-0.2, 0) is 4.79 Å². The molecule has 0 unspecified atom stereocenters. The molecule has 0 aromatic heterocycles. The van der Waals surface area contributed by atoms with Gasteiger partial charge < -0.3 is 10.6 Å². The van der Waals surface area contributed by atoms with Gasteiger partial charge in [-0.25, -0.2) is 0 Å². The summed E-state index contributed by atoms with van der Waals surface area (Å²) in [4.78, 5) is 12.5. The minimum atomic E-state index is -4.24. The van der Waals surface area contributed by atoms with E-state index in [0.717, 1.165) is 4.90 Å². The molecule has 0 saturated heterocycles. The van der Waals surface area contributed by atoms with Gasteiger partial charge in [0.2, 0.25) is 5.91 Å². The molecule has 0 heterocycles. The number of halogens is 3. The molecule has 15 heavy (non-hydrogen) atoms. The zero-order chi connectivity index (χ0) is 12.2. The molecular formula is C9H17F3N2O. The fourth-order valence-corrected chi connectivity index (χ4v) is 0.944. The highest BCUT2D eigenvalue weighted by Crippen LogP contribution is 2.19. The number of hydrogen-bond donors (Lipinski definition) is 1. The molecule has 1 amide bonds. The third-order valence-electron chi connectivity index (χ3n) is 2.11. The maximum absolute atomic E-state index is 11.9. The summed E-state index contributed by atoms with van der Waals surface area (Å²) >= 11 is 0. The van der Waals surface area contributed by atoms with Crippen LogP contribution in [0.5, 0.6) is 0 Å². The van der Waals surface area contributed by atoms with E-state index >= 15 is 0 Å². The monoisotopic (exact) mass is 226 g/mol. The molecule has 0 aliphatic carbocycles. The number of rotatable bonds is 4. The molecule has 1 atom stereocenters. The summed E-state index contributed by atoms with van der Waals surface area (Å²) in [5.74, 6) is -0.528. The second-order valence-corrected chi connectivity index (χ2v) is 3.89. The summed E-state index contributed by atoms with van der Waals surface area (Å²) in [6, 6.07) is -0.733. The van der Waals surface area contributed by atoms with E-state index in [4.69, 9.17) is 5.73 Å². The predicted molar refractivity (Wildman–Crippen MR) is 51.1 cm³/mol. The van der Waals surface area contributed by atoms with Gasteiger partial charge in [-0.05, 0) is 5.92 Å². The fourth-order valence-electron chi connectivity index (χ4n) is 0.944. The first-order valence-electron chi connectivity index (χ1n) is 4.72. The third kappa shape index (κ3) is 5.61. The molecule has 0 rings (SSSR count). The van der Waals surface area contributed by atoms with Crippen LogP contribution in [0.15, 0.2) is 0 Å². The summed E-state index contributed by atoms with van der Waals surface area (Å²) in [5, 5.41) is 0. The molecule has 0 aliphatic heterocycles. The zero-order valence-corrected chi connectivity index (χ0v) is 9.14. The maximum Gasteiger partial charge on any atom is 0.390 e. The standard InChI is InChI=1S/C9H17F3N2O/c1-6(2)7(13)8(15)14(3)5-4-9(10,11)12/h6-7H,4-5,13H2,1-3H3/t7-/m0/s1. The van der Waals surface area contributed by atoms with Crippen molar-refractivity contribution >= 4 is 5.91 Å². The topological polar surface area (TPSA) is 46.3 Å². The number of hydrogen-bond acceptors (Lipinski definition) is 2. The highest BCUT2D eigenvalue weighted by molar-refractivity contribution is 5.81.